The summed E-state index contributed by atoms with van der Waals surface area (Å²) in [6, 6.07) is 81.0. The van der Waals surface area contributed by atoms with E-state index < -0.39 is 5.41 Å². The van der Waals surface area contributed by atoms with Crippen molar-refractivity contribution in [2.75, 3.05) is 4.90 Å². The average Bonchev–Trinajstić information content (AvgIpc) is 3.72. The molecule has 0 heterocycles. The molecule has 264 valence electrons. The summed E-state index contributed by atoms with van der Waals surface area (Å²) in [5.41, 5.74) is 16.9. The van der Waals surface area contributed by atoms with Crippen molar-refractivity contribution in [1.82, 2.24) is 0 Å². The number of hydrogen-bond donors (Lipinski definition) is 0. The highest BCUT2D eigenvalue weighted by atomic mass is 15.1. The smallest absolute Gasteiger partial charge is 0.0714 e. The molecular weight excluding hydrogens is 675 g/mol. The average molecular weight is 714 g/mol. The molecule has 1 atom stereocenters. The van der Waals surface area contributed by atoms with Crippen molar-refractivity contribution in [3.63, 3.8) is 0 Å². The second-order valence-corrected chi connectivity index (χ2v) is 15.4. The maximum atomic E-state index is 2.50. The van der Waals surface area contributed by atoms with Gasteiger partial charge in [0.2, 0.25) is 0 Å². The lowest BCUT2D eigenvalue weighted by molar-refractivity contribution is 0.714. The van der Waals surface area contributed by atoms with Crippen molar-refractivity contribution in [2.45, 2.75) is 17.8 Å². The molecule has 1 unspecified atom stereocenters. The summed E-state index contributed by atoms with van der Waals surface area (Å²) < 4.78 is 0. The summed E-state index contributed by atoms with van der Waals surface area (Å²) in [5.74, 6) is 0. The topological polar surface area (TPSA) is 3.24 Å². The van der Waals surface area contributed by atoms with Gasteiger partial charge < -0.3 is 4.90 Å². The monoisotopic (exact) mass is 713 g/mol. The second kappa shape index (κ2) is 12.5. The summed E-state index contributed by atoms with van der Waals surface area (Å²) in [4.78, 5) is 2.50. The van der Waals surface area contributed by atoms with Gasteiger partial charge in [-0.3, -0.25) is 0 Å². The van der Waals surface area contributed by atoms with Crippen LogP contribution in [0, 0.1) is 0 Å². The quantitative estimate of drug-likeness (QED) is 0.166. The lowest BCUT2D eigenvalue weighted by Crippen LogP contribution is -2.28. The van der Waals surface area contributed by atoms with Crippen LogP contribution < -0.4 is 4.90 Å². The molecular formula is C55H39N. The number of benzene rings is 9. The Hall–Kier alpha value is -6.96. The van der Waals surface area contributed by atoms with Gasteiger partial charge in [-0.15, -0.1) is 0 Å². The molecule has 0 N–H and O–H groups in total. The molecule has 0 aliphatic heterocycles. The number of anilines is 3. The Kier molecular flexibility index (Phi) is 7.28. The number of nitrogens with zero attached hydrogens (tertiary/aromatic N) is 1. The van der Waals surface area contributed by atoms with Crippen LogP contribution in [0.5, 0.6) is 0 Å². The van der Waals surface area contributed by atoms with Crippen LogP contribution in [-0.2, 0) is 10.8 Å². The summed E-state index contributed by atoms with van der Waals surface area (Å²) in [6.45, 7) is 2.40. The molecule has 9 aromatic carbocycles. The first-order chi connectivity index (χ1) is 27.7. The third-order valence-corrected chi connectivity index (χ3v) is 12.6. The zero-order chi connectivity index (χ0) is 37.3. The van der Waals surface area contributed by atoms with E-state index in [2.05, 4.69) is 230 Å². The van der Waals surface area contributed by atoms with Crippen LogP contribution in [0.15, 0.2) is 218 Å². The molecule has 0 radical (unpaired) electrons. The van der Waals surface area contributed by atoms with E-state index in [1.807, 2.05) is 0 Å². The minimum Gasteiger partial charge on any atom is -0.310 e. The Morgan fingerprint density at radius 1 is 0.339 bits per heavy atom. The molecule has 56 heavy (non-hydrogen) atoms. The Bertz CT molecular complexity index is 2880. The van der Waals surface area contributed by atoms with Gasteiger partial charge in [0.25, 0.3) is 0 Å². The third kappa shape index (κ3) is 4.55. The van der Waals surface area contributed by atoms with E-state index in [9.17, 15) is 0 Å². The molecule has 0 saturated heterocycles. The van der Waals surface area contributed by atoms with Gasteiger partial charge in [-0.05, 0) is 104 Å². The van der Waals surface area contributed by atoms with E-state index in [-0.39, 0.29) is 5.41 Å². The molecule has 1 nitrogen and oxygen atoms in total. The molecule has 0 aromatic heterocycles. The predicted octanol–water partition coefficient (Wildman–Crippen LogP) is 14.0. The van der Waals surface area contributed by atoms with E-state index in [1.54, 1.807) is 0 Å². The van der Waals surface area contributed by atoms with E-state index in [4.69, 9.17) is 0 Å². The van der Waals surface area contributed by atoms with Crippen molar-refractivity contribution in [3.05, 3.63) is 257 Å². The first-order valence-electron chi connectivity index (χ1n) is 19.6. The summed E-state index contributed by atoms with van der Waals surface area (Å²) in [6.07, 6.45) is 0. The number of hydrogen-bond acceptors (Lipinski definition) is 1. The van der Waals surface area contributed by atoms with Crippen molar-refractivity contribution in [1.29, 1.82) is 0 Å². The van der Waals surface area contributed by atoms with Gasteiger partial charge in [0.1, 0.15) is 0 Å². The first kappa shape index (κ1) is 32.5. The molecule has 2 aliphatic rings. The normalized spacial score (nSPS) is 15.8. The van der Waals surface area contributed by atoms with E-state index in [0.29, 0.717) is 0 Å². The minimum atomic E-state index is -0.500. The van der Waals surface area contributed by atoms with Crippen LogP contribution >= 0.6 is 0 Å². The minimum absolute atomic E-state index is 0.316. The standard InChI is InChI=1S/C55H39N/c1-54(39-20-5-2-6-21-39)49-29-15-13-27-45(49)47-34-32-42(36-51(47)54)56(53-31-17-19-38-18-11-12-26-44(38)53)43-33-35-48-46-28-14-16-30-50(46)55(52(48)37-43,40-22-7-3-8-23-40)41-24-9-4-10-25-41/h2-37H,1H3. The molecule has 11 rings (SSSR count). The Morgan fingerprint density at radius 3 is 1.46 bits per heavy atom. The second-order valence-electron chi connectivity index (χ2n) is 15.4. The maximum Gasteiger partial charge on any atom is 0.0714 e. The number of fused-ring (bicyclic) bond motifs is 7. The molecule has 0 fully saturated rings. The van der Waals surface area contributed by atoms with E-state index in [1.165, 1.54) is 72.0 Å². The van der Waals surface area contributed by atoms with Crippen LogP contribution in [-0.4, -0.2) is 0 Å². The lowest BCUT2D eigenvalue weighted by Gasteiger charge is -2.35. The predicted molar refractivity (Wildman–Crippen MR) is 233 cm³/mol. The summed E-state index contributed by atoms with van der Waals surface area (Å²) >= 11 is 0. The van der Waals surface area contributed by atoms with Gasteiger partial charge in [0, 0.05) is 22.2 Å². The molecule has 2 aliphatic carbocycles. The molecule has 0 bridgehead atoms. The Balaban J connectivity index is 1.20. The van der Waals surface area contributed by atoms with Gasteiger partial charge in [0.15, 0.2) is 0 Å². The Labute approximate surface area is 328 Å². The van der Waals surface area contributed by atoms with Crippen molar-refractivity contribution < 1.29 is 0 Å². The van der Waals surface area contributed by atoms with Crippen molar-refractivity contribution in [3.8, 4) is 22.3 Å². The fourth-order valence-electron chi connectivity index (χ4n) is 10.1. The SMILES string of the molecule is CC1(c2ccccc2)c2ccccc2-c2ccc(N(c3ccc4c(c3)C(c3ccccc3)(c3ccccc3)c3ccccc3-4)c3cccc4ccccc34)cc21. The van der Waals surface area contributed by atoms with Crippen molar-refractivity contribution in [2.24, 2.45) is 0 Å². The zero-order valence-electron chi connectivity index (χ0n) is 31.2. The van der Waals surface area contributed by atoms with Gasteiger partial charge in [-0.2, -0.15) is 0 Å². The molecule has 0 saturated carbocycles. The largest absolute Gasteiger partial charge is 0.310 e. The van der Waals surface area contributed by atoms with Crippen molar-refractivity contribution >= 4 is 27.8 Å². The molecule has 0 spiro atoms. The van der Waals surface area contributed by atoms with Gasteiger partial charge in [-0.1, -0.05) is 188 Å². The van der Waals surface area contributed by atoms with Crippen LogP contribution in [0.2, 0.25) is 0 Å². The zero-order valence-corrected chi connectivity index (χ0v) is 31.2. The molecule has 1 heteroatoms. The maximum absolute atomic E-state index is 2.50. The summed E-state index contributed by atoms with van der Waals surface area (Å²) in [7, 11) is 0. The third-order valence-electron chi connectivity index (χ3n) is 12.6. The highest BCUT2D eigenvalue weighted by Crippen LogP contribution is 2.58. The fraction of sp³-hybridized carbons (Fsp3) is 0.0545. The molecule has 0 amide bonds. The molecule has 9 aromatic rings. The highest BCUT2D eigenvalue weighted by Gasteiger charge is 2.46. The van der Waals surface area contributed by atoms with Crippen LogP contribution in [0.3, 0.4) is 0 Å². The van der Waals surface area contributed by atoms with Crippen LogP contribution in [0.1, 0.15) is 45.9 Å². The van der Waals surface area contributed by atoms with Gasteiger partial charge >= 0.3 is 0 Å². The van der Waals surface area contributed by atoms with Crippen LogP contribution in [0.25, 0.3) is 33.0 Å². The first-order valence-corrected chi connectivity index (χ1v) is 19.6. The fourth-order valence-corrected chi connectivity index (χ4v) is 10.1. The number of rotatable bonds is 6. The van der Waals surface area contributed by atoms with Gasteiger partial charge in [-0.25, -0.2) is 0 Å². The highest BCUT2D eigenvalue weighted by molar-refractivity contribution is 6.00. The van der Waals surface area contributed by atoms with Crippen LogP contribution in [0.4, 0.5) is 17.1 Å². The van der Waals surface area contributed by atoms with Gasteiger partial charge in [0.05, 0.1) is 11.1 Å². The Morgan fingerprint density at radius 2 is 0.804 bits per heavy atom. The summed E-state index contributed by atoms with van der Waals surface area (Å²) in [5, 5.41) is 2.43. The van der Waals surface area contributed by atoms with E-state index in [0.717, 1.165) is 17.1 Å². The van der Waals surface area contributed by atoms with E-state index >= 15 is 0 Å². The lowest BCUT2D eigenvalue weighted by atomic mass is 9.67.